The van der Waals surface area contributed by atoms with E-state index in [0.29, 0.717) is 42.2 Å². The Hall–Kier alpha value is -1.97. The van der Waals surface area contributed by atoms with Crippen molar-refractivity contribution < 1.29 is 4.74 Å². The standard InChI is InChI=1S/C28H48N8O/c1-4-19(3)37-24(5-2)20-14-16-35(17-15-20)34-26-25-27(36(18-30-25)23-8-6-7-9-23)33-28(32-26)31-22-12-10-21(29)11-13-22/h18-24H,4-17,29H2,1-3H3,(H2,31,32,33,34). The van der Waals surface area contributed by atoms with Crippen molar-refractivity contribution in [3.05, 3.63) is 6.33 Å². The lowest BCUT2D eigenvalue weighted by Crippen LogP contribution is -2.42. The van der Waals surface area contributed by atoms with Crippen LogP contribution in [0.2, 0.25) is 0 Å². The third kappa shape index (κ3) is 6.37. The Morgan fingerprint density at radius 1 is 1.00 bits per heavy atom. The monoisotopic (exact) mass is 512 g/mol. The Kier molecular flexibility index (Phi) is 8.82. The van der Waals surface area contributed by atoms with Crippen molar-refractivity contribution in [1.82, 2.24) is 24.5 Å². The molecule has 9 heteroatoms. The molecule has 9 nitrogen and oxygen atoms in total. The molecule has 0 radical (unpaired) electrons. The Labute approximate surface area is 222 Å². The molecule has 2 aromatic heterocycles. The maximum atomic E-state index is 6.36. The molecule has 0 aromatic carbocycles. The summed E-state index contributed by atoms with van der Waals surface area (Å²) < 4.78 is 8.65. The first-order valence-electron chi connectivity index (χ1n) is 15.0. The van der Waals surface area contributed by atoms with Gasteiger partial charge in [-0.25, -0.2) is 9.99 Å². The van der Waals surface area contributed by atoms with Crippen LogP contribution in [0.3, 0.4) is 0 Å². The summed E-state index contributed by atoms with van der Waals surface area (Å²) in [7, 11) is 0. The van der Waals surface area contributed by atoms with E-state index >= 15 is 0 Å². The van der Waals surface area contributed by atoms with E-state index in [1.807, 2.05) is 6.33 Å². The number of ether oxygens (including phenoxy) is 1. The van der Waals surface area contributed by atoms with E-state index in [4.69, 9.17) is 25.4 Å². The molecule has 0 amide bonds. The fourth-order valence-electron chi connectivity index (χ4n) is 6.42. The molecule has 2 saturated carbocycles. The molecule has 3 aliphatic rings. The van der Waals surface area contributed by atoms with Crippen molar-refractivity contribution in [3.8, 4) is 0 Å². The first-order valence-corrected chi connectivity index (χ1v) is 15.0. The van der Waals surface area contributed by atoms with Crippen LogP contribution < -0.4 is 16.5 Å². The lowest BCUT2D eigenvalue weighted by Gasteiger charge is -2.36. The van der Waals surface area contributed by atoms with Crippen LogP contribution in [0.4, 0.5) is 11.8 Å². The van der Waals surface area contributed by atoms with Gasteiger partial charge in [0.1, 0.15) is 0 Å². The predicted molar refractivity (Wildman–Crippen MR) is 150 cm³/mol. The fourth-order valence-corrected chi connectivity index (χ4v) is 6.42. The Balaban J connectivity index is 1.31. The van der Waals surface area contributed by atoms with E-state index in [2.05, 4.69) is 41.1 Å². The van der Waals surface area contributed by atoms with E-state index in [-0.39, 0.29) is 0 Å². The molecule has 2 atom stereocenters. The van der Waals surface area contributed by atoms with E-state index in [1.165, 1.54) is 25.7 Å². The summed E-state index contributed by atoms with van der Waals surface area (Å²) >= 11 is 0. The summed E-state index contributed by atoms with van der Waals surface area (Å²) in [5.41, 5.74) is 11.6. The quantitative estimate of drug-likeness (QED) is 0.396. The molecule has 2 unspecified atom stereocenters. The molecule has 5 rings (SSSR count). The van der Waals surface area contributed by atoms with Crippen LogP contribution in [0, 0.1) is 5.92 Å². The van der Waals surface area contributed by atoms with E-state index < -0.39 is 0 Å². The van der Waals surface area contributed by atoms with E-state index in [1.54, 1.807) is 0 Å². The van der Waals surface area contributed by atoms with Crippen LogP contribution in [0.1, 0.15) is 104 Å². The first kappa shape index (κ1) is 26.6. The molecule has 3 fully saturated rings. The van der Waals surface area contributed by atoms with Crippen LogP contribution in [-0.2, 0) is 4.74 Å². The third-order valence-corrected chi connectivity index (χ3v) is 8.96. The van der Waals surface area contributed by atoms with Gasteiger partial charge in [0, 0.05) is 31.2 Å². The van der Waals surface area contributed by atoms with Crippen molar-refractivity contribution >= 4 is 22.9 Å². The number of anilines is 2. The van der Waals surface area contributed by atoms with Crippen molar-refractivity contribution in [3.63, 3.8) is 0 Å². The molecule has 4 N–H and O–H groups in total. The summed E-state index contributed by atoms with van der Waals surface area (Å²) in [4.78, 5) is 14.8. The smallest absolute Gasteiger partial charge is 0.227 e. The third-order valence-electron chi connectivity index (χ3n) is 8.96. The van der Waals surface area contributed by atoms with Gasteiger partial charge in [-0.15, -0.1) is 0 Å². The van der Waals surface area contributed by atoms with Gasteiger partial charge in [0.15, 0.2) is 17.0 Å². The molecule has 37 heavy (non-hydrogen) atoms. The number of imidazole rings is 1. The zero-order valence-electron chi connectivity index (χ0n) is 23.2. The number of nitrogens with zero attached hydrogens (tertiary/aromatic N) is 5. The highest BCUT2D eigenvalue weighted by Crippen LogP contribution is 2.34. The van der Waals surface area contributed by atoms with Crippen molar-refractivity contribution in [1.29, 1.82) is 0 Å². The van der Waals surface area contributed by atoms with Gasteiger partial charge in [0.25, 0.3) is 0 Å². The maximum Gasteiger partial charge on any atom is 0.227 e. The summed E-state index contributed by atoms with van der Waals surface area (Å²) in [6, 6.07) is 1.19. The van der Waals surface area contributed by atoms with Gasteiger partial charge < -0.3 is 25.8 Å². The highest BCUT2D eigenvalue weighted by molar-refractivity contribution is 5.84. The number of aromatic nitrogens is 4. The number of hydrogen-bond acceptors (Lipinski definition) is 8. The molecule has 2 aliphatic carbocycles. The van der Waals surface area contributed by atoms with Crippen LogP contribution in [0.25, 0.3) is 11.2 Å². The number of rotatable bonds is 10. The van der Waals surface area contributed by atoms with Crippen molar-refractivity contribution in [2.45, 2.75) is 128 Å². The number of piperidine rings is 1. The zero-order valence-corrected chi connectivity index (χ0v) is 23.2. The lowest BCUT2D eigenvalue weighted by atomic mass is 9.90. The van der Waals surface area contributed by atoms with Gasteiger partial charge >= 0.3 is 0 Å². The highest BCUT2D eigenvalue weighted by Gasteiger charge is 2.29. The van der Waals surface area contributed by atoms with Gasteiger partial charge in [0.2, 0.25) is 5.95 Å². The number of fused-ring (bicyclic) bond motifs is 1. The van der Waals surface area contributed by atoms with Crippen LogP contribution in [-0.4, -0.2) is 61.9 Å². The SMILES string of the molecule is CCC(C)OC(CC)C1CCN(Nc2nc(NC3CCC(N)CC3)nc3c2ncn3C2CCCC2)CC1. The van der Waals surface area contributed by atoms with E-state index in [0.717, 1.165) is 81.4 Å². The second kappa shape index (κ2) is 12.3. The minimum atomic E-state index is 0.327. The number of nitrogens with two attached hydrogens (primary N) is 1. The molecule has 2 aromatic rings. The largest absolute Gasteiger partial charge is 0.375 e. The van der Waals surface area contributed by atoms with Crippen LogP contribution in [0.5, 0.6) is 0 Å². The Morgan fingerprint density at radius 2 is 1.73 bits per heavy atom. The number of hydrazine groups is 1. The lowest BCUT2D eigenvalue weighted by molar-refractivity contribution is -0.0504. The number of hydrogen-bond donors (Lipinski definition) is 3. The van der Waals surface area contributed by atoms with Gasteiger partial charge in [-0.3, -0.25) is 0 Å². The van der Waals surface area contributed by atoms with E-state index in [9.17, 15) is 0 Å². The van der Waals surface area contributed by atoms with Gasteiger partial charge in [-0.05, 0) is 77.0 Å². The highest BCUT2D eigenvalue weighted by atomic mass is 16.5. The second-order valence-electron chi connectivity index (χ2n) is 11.7. The summed E-state index contributed by atoms with van der Waals surface area (Å²) in [5.74, 6) is 2.13. The molecule has 0 bridgehead atoms. The molecule has 3 heterocycles. The molecule has 0 spiro atoms. The fraction of sp³-hybridized carbons (Fsp3) is 0.821. The van der Waals surface area contributed by atoms with Gasteiger partial charge in [0.05, 0.1) is 18.5 Å². The summed E-state index contributed by atoms with van der Waals surface area (Å²) in [5, 5.41) is 5.95. The van der Waals surface area contributed by atoms with Gasteiger partial charge in [-0.1, -0.05) is 26.7 Å². The molecule has 206 valence electrons. The number of nitrogens with one attached hydrogen (secondary N) is 2. The van der Waals surface area contributed by atoms with Crippen molar-refractivity contribution in [2.75, 3.05) is 23.8 Å². The predicted octanol–water partition coefficient (Wildman–Crippen LogP) is 5.26. The first-order chi connectivity index (χ1) is 18.0. The normalized spacial score (nSPS) is 25.9. The molecule has 1 aliphatic heterocycles. The van der Waals surface area contributed by atoms with Crippen molar-refractivity contribution in [2.24, 2.45) is 11.7 Å². The topological polar surface area (TPSA) is 106 Å². The van der Waals surface area contributed by atoms with Gasteiger partial charge in [-0.2, -0.15) is 9.97 Å². The van der Waals surface area contributed by atoms with Crippen LogP contribution >= 0.6 is 0 Å². The minimum absolute atomic E-state index is 0.327. The molecular weight excluding hydrogens is 464 g/mol. The maximum absolute atomic E-state index is 6.36. The summed E-state index contributed by atoms with van der Waals surface area (Å²) in [6.07, 6.45) is 16.3. The summed E-state index contributed by atoms with van der Waals surface area (Å²) in [6.45, 7) is 8.60. The average Bonchev–Trinajstić information content (AvgIpc) is 3.59. The zero-order chi connectivity index (χ0) is 25.8. The van der Waals surface area contributed by atoms with Crippen LogP contribution in [0.15, 0.2) is 6.33 Å². The Morgan fingerprint density at radius 3 is 2.41 bits per heavy atom. The molecular formula is C28H48N8O. The minimum Gasteiger partial charge on any atom is -0.375 e. The second-order valence-corrected chi connectivity index (χ2v) is 11.7. The molecule has 1 saturated heterocycles. The Bertz CT molecular complexity index is 989. The average molecular weight is 513 g/mol.